The molecule has 2 aliphatic rings. The fourth-order valence-electron chi connectivity index (χ4n) is 2.81. The van der Waals surface area contributed by atoms with E-state index >= 15 is 0 Å². The molecule has 0 aliphatic carbocycles. The first-order valence-corrected chi connectivity index (χ1v) is 7.36. The SMILES string of the molecule is C[C@H]1Oc2ccccc2[C@@H]2CC(c3cccs3)=NN12. The highest BCUT2D eigenvalue weighted by atomic mass is 32.1. The molecule has 0 saturated heterocycles. The summed E-state index contributed by atoms with van der Waals surface area (Å²) in [5.41, 5.74) is 2.42. The lowest BCUT2D eigenvalue weighted by Crippen LogP contribution is -2.37. The molecule has 0 spiro atoms. The third kappa shape index (κ3) is 1.67. The van der Waals surface area contributed by atoms with Gasteiger partial charge in [-0.25, -0.2) is 0 Å². The molecule has 3 heterocycles. The number of nitrogens with zero attached hydrogens (tertiary/aromatic N) is 2. The van der Waals surface area contributed by atoms with Crippen molar-refractivity contribution in [2.75, 3.05) is 0 Å². The third-order valence-electron chi connectivity index (χ3n) is 3.70. The van der Waals surface area contributed by atoms with Gasteiger partial charge in [-0.3, -0.25) is 5.01 Å². The Bertz CT molecular complexity index is 635. The second kappa shape index (κ2) is 4.10. The number of para-hydroxylation sites is 1. The normalized spacial score (nSPS) is 24.5. The number of hydrazone groups is 1. The zero-order valence-corrected chi connectivity index (χ0v) is 11.4. The lowest BCUT2D eigenvalue weighted by atomic mass is 9.99. The average Bonchev–Trinajstić information content (AvgIpc) is 3.08. The van der Waals surface area contributed by atoms with Crippen molar-refractivity contribution in [2.24, 2.45) is 5.10 Å². The van der Waals surface area contributed by atoms with Crippen molar-refractivity contribution in [2.45, 2.75) is 25.6 Å². The molecular formula is C15H14N2OS. The summed E-state index contributed by atoms with van der Waals surface area (Å²) < 4.78 is 5.93. The van der Waals surface area contributed by atoms with Crippen molar-refractivity contribution >= 4 is 17.0 Å². The summed E-state index contributed by atoms with van der Waals surface area (Å²) in [6.45, 7) is 2.06. The summed E-state index contributed by atoms with van der Waals surface area (Å²) in [6.07, 6.45) is 0.961. The van der Waals surface area contributed by atoms with Crippen LogP contribution in [0.2, 0.25) is 0 Å². The Kier molecular flexibility index (Phi) is 2.38. The second-order valence-corrected chi connectivity index (χ2v) is 5.83. The highest BCUT2D eigenvalue weighted by Gasteiger charge is 2.38. The maximum atomic E-state index is 5.93. The van der Waals surface area contributed by atoms with Crippen molar-refractivity contribution in [1.29, 1.82) is 0 Å². The number of thiophene rings is 1. The third-order valence-corrected chi connectivity index (χ3v) is 4.61. The summed E-state index contributed by atoms with van der Waals surface area (Å²) in [6, 6.07) is 12.8. The van der Waals surface area contributed by atoms with Crippen LogP contribution in [0, 0.1) is 0 Å². The smallest absolute Gasteiger partial charge is 0.185 e. The molecular weight excluding hydrogens is 256 g/mol. The molecule has 0 saturated carbocycles. The van der Waals surface area contributed by atoms with E-state index in [0.29, 0.717) is 6.04 Å². The lowest BCUT2D eigenvalue weighted by Gasteiger charge is -2.36. The van der Waals surface area contributed by atoms with Crippen LogP contribution in [-0.2, 0) is 0 Å². The minimum absolute atomic E-state index is 0.00244. The van der Waals surface area contributed by atoms with E-state index in [1.807, 2.05) is 12.1 Å². The molecule has 2 atom stereocenters. The largest absolute Gasteiger partial charge is 0.469 e. The van der Waals surface area contributed by atoms with Crippen LogP contribution in [0.15, 0.2) is 46.9 Å². The van der Waals surface area contributed by atoms with Gasteiger partial charge < -0.3 is 4.74 Å². The minimum Gasteiger partial charge on any atom is -0.469 e. The van der Waals surface area contributed by atoms with Crippen LogP contribution in [0.25, 0.3) is 0 Å². The Hall–Kier alpha value is -1.81. The Morgan fingerprint density at radius 3 is 3.00 bits per heavy atom. The van der Waals surface area contributed by atoms with Gasteiger partial charge >= 0.3 is 0 Å². The Morgan fingerprint density at radius 1 is 1.26 bits per heavy atom. The number of ether oxygens (including phenoxy) is 1. The quantitative estimate of drug-likeness (QED) is 0.790. The fraction of sp³-hybridized carbons (Fsp3) is 0.267. The first-order chi connectivity index (χ1) is 9.33. The molecule has 2 aromatic rings. The maximum absolute atomic E-state index is 5.93. The fourth-order valence-corrected chi connectivity index (χ4v) is 3.53. The van der Waals surface area contributed by atoms with Crippen LogP contribution >= 0.6 is 11.3 Å². The molecule has 1 aromatic heterocycles. The molecule has 0 radical (unpaired) electrons. The molecule has 0 unspecified atom stereocenters. The molecule has 1 aromatic carbocycles. The topological polar surface area (TPSA) is 24.8 Å². The lowest BCUT2D eigenvalue weighted by molar-refractivity contribution is -0.00334. The van der Waals surface area contributed by atoms with Gasteiger partial charge in [0.15, 0.2) is 6.23 Å². The zero-order chi connectivity index (χ0) is 12.8. The summed E-state index contributed by atoms with van der Waals surface area (Å²) in [5.74, 6) is 0.999. The molecule has 0 bridgehead atoms. The van der Waals surface area contributed by atoms with Gasteiger partial charge in [0.25, 0.3) is 0 Å². The predicted molar refractivity (Wildman–Crippen MR) is 76.6 cm³/mol. The van der Waals surface area contributed by atoms with E-state index in [4.69, 9.17) is 9.84 Å². The summed E-state index contributed by atoms with van der Waals surface area (Å²) in [7, 11) is 0. The van der Waals surface area contributed by atoms with E-state index in [-0.39, 0.29) is 6.23 Å². The van der Waals surface area contributed by atoms with Gasteiger partial charge in [0.2, 0.25) is 0 Å². The summed E-state index contributed by atoms with van der Waals surface area (Å²) in [4.78, 5) is 1.26. The van der Waals surface area contributed by atoms with Gasteiger partial charge in [-0.15, -0.1) is 11.3 Å². The highest BCUT2D eigenvalue weighted by molar-refractivity contribution is 7.12. The van der Waals surface area contributed by atoms with Gasteiger partial charge in [-0.05, 0) is 24.4 Å². The maximum Gasteiger partial charge on any atom is 0.185 e. The van der Waals surface area contributed by atoms with Crippen LogP contribution in [0.4, 0.5) is 0 Å². The molecule has 96 valence electrons. The van der Waals surface area contributed by atoms with Crippen LogP contribution < -0.4 is 4.74 Å². The summed E-state index contributed by atoms with van der Waals surface area (Å²) in [5, 5.41) is 8.96. The van der Waals surface area contributed by atoms with Crippen molar-refractivity contribution < 1.29 is 4.74 Å². The van der Waals surface area contributed by atoms with E-state index in [9.17, 15) is 0 Å². The molecule has 2 aliphatic heterocycles. The number of fused-ring (bicyclic) bond motifs is 3. The van der Waals surface area contributed by atoms with Crippen LogP contribution in [-0.4, -0.2) is 16.9 Å². The zero-order valence-electron chi connectivity index (χ0n) is 10.6. The molecule has 4 heteroatoms. The Morgan fingerprint density at radius 2 is 2.16 bits per heavy atom. The van der Waals surface area contributed by atoms with E-state index in [2.05, 4.69) is 41.6 Å². The van der Waals surface area contributed by atoms with Crippen molar-refractivity contribution in [3.8, 4) is 5.75 Å². The number of benzene rings is 1. The molecule has 0 fully saturated rings. The monoisotopic (exact) mass is 270 g/mol. The summed E-state index contributed by atoms with van der Waals surface area (Å²) >= 11 is 1.75. The second-order valence-electron chi connectivity index (χ2n) is 4.88. The Labute approximate surface area is 116 Å². The van der Waals surface area contributed by atoms with E-state index in [1.54, 1.807) is 11.3 Å². The molecule has 0 amide bonds. The van der Waals surface area contributed by atoms with Crippen LogP contribution in [0.3, 0.4) is 0 Å². The van der Waals surface area contributed by atoms with Gasteiger partial charge in [0.05, 0.1) is 16.6 Å². The van der Waals surface area contributed by atoms with Crippen LogP contribution in [0.1, 0.15) is 29.8 Å². The first-order valence-electron chi connectivity index (χ1n) is 6.48. The standard InChI is InChI=1S/C15H14N2OS/c1-10-17-13(11-5-2-3-6-14(11)18-10)9-12(16-17)15-7-4-8-19-15/h2-8,10,13H,9H2,1H3/t10-,13+/m1/s1. The van der Waals surface area contributed by atoms with Crippen molar-refractivity contribution in [1.82, 2.24) is 5.01 Å². The van der Waals surface area contributed by atoms with Crippen LogP contribution in [0.5, 0.6) is 5.75 Å². The molecule has 3 nitrogen and oxygen atoms in total. The highest BCUT2D eigenvalue weighted by Crippen LogP contribution is 2.42. The van der Waals surface area contributed by atoms with Crippen molar-refractivity contribution in [3.05, 3.63) is 52.2 Å². The van der Waals surface area contributed by atoms with Gasteiger partial charge in [0.1, 0.15) is 5.75 Å². The minimum atomic E-state index is -0.00244. The number of rotatable bonds is 1. The number of hydrogen-bond acceptors (Lipinski definition) is 4. The van der Waals surface area contributed by atoms with E-state index < -0.39 is 0 Å². The molecule has 19 heavy (non-hydrogen) atoms. The van der Waals surface area contributed by atoms with E-state index in [0.717, 1.165) is 12.2 Å². The van der Waals surface area contributed by atoms with E-state index in [1.165, 1.54) is 16.2 Å². The van der Waals surface area contributed by atoms with Crippen molar-refractivity contribution in [3.63, 3.8) is 0 Å². The Balaban J connectivity index is 1.75. The first kappa shape index (κ1) is 11.1. The molecule has 0 N–H and O–H groups in total. The van der Waals surface area contributed by atoms with Gasteiger partial charge in [-0.1, -0.05) is 24.3 Å². The average molecular weight is 270 g/mol. The van der Waals surface area contributed by atoms with Gasteiger partial charge in [0, 0.05) is 12.0 Å². The molecule has 4 rings (SSSR count). The van der Waals surface area contributed by atoms with Gasteiger partial charge in [-0.2, -0.15) is 5.10 Å². The number of hydrogen-bond donors (Lipinski definition) is 0. The predicted octanol–water partition coefficient (Wildman–Crippen LogP) is 3.64.